The van der Waals surface area contributed by atoms with E-state index in [4.69, 9.17) is 16.2 Å². The summed E-state index contributed by atoms with van der Waals surface area (Å²) in [4.78, 5) is 42.9. The fraction of sp³-hybridized carbons (Fsp3) is 0.286. The van der Waals surface area contributed by atoms with E-state index in [-0.39, 0.29) is 53.7 Å². The lowest BCUT2D eigenvalue weighted by molar-refractivity contribution is -0.688. The van der Waals surface area contributed by atoms with Crippen LogP contribution in [0.2, 0.25) is 0 Å². The number of rotatable bonds is 9. The first-order valence-electron chi connectivity index (χ1n) is 15.6. The van der Waals surface area contributed by atoms with Crippen LogP contribution in [0.15, 0.2) is 88.8 Å². The molecule has 14 heteroatoms. The molecule has 256 valence electrons. The number of carbonyl (C=O) groups is 2. The quantitative estimate of drug-likeness (QED) is 0.0873. The number of nitrogen functional groups attached to an aromatic ring is 1. The van der Waals surface area contributed by atoms with Crippen molar-refractivity contribution in [3.63, 3.8) is 0 Å². The average Bonchev–Trinajstić information content (AvgIpc) is 3.07. The summed E-state index contributed by atoms with van der Waals surface area (Å²) in [6.07, 6.45) is -3.23. The van der Waals surface area contributed by atoms with Gasteiger partial charge in [-0.05, 0) is 35.2 Å². The Morgan fingerprint density at radius 2 is 1.80 bits per heavy atom. The van der Waals surface area contributed by atoms with Crippen LogP contribution in [0.3, 0.4) is 0 Å². The summed E-state index contributed by atoms with van der Waals surface area (Å²) in [5.74, 6) is -0.125. The lowest BCUT2D eigenvalue weighted by Gasteiger charge is -2.25. The highest BCUT2D eigenvalue weighted by Crippen LogP contribution is 2.34. The van der Waals surface area contributed by atoms with Crippen molar-refractivity contribution < 1.29 is 32.1 Å². The first-order valence-corrected chi connectivity index (χ1v) is 15.6. The minimum atomic E-state index is -4.67. The van der Waals surface area contributed by atoms with E-state index in [9.17, 15) is 27.6 Å². The van der Waals surface area contributed by atoms with E-state index < -0.39 is 35.8 Å². The third kappa shape index (κ3) is 8.63. The highest BCUT2D eigenvalue weighted by molar-refractivity contribution is 6.02. The van der Waals surface area contributed by atoms with Crippen molar-refractivity contribution in [2.24, 2.45) is 16.6 Å². The molecule has 5 rings (SSSR count). The molecule has 2 amide bonds. The largest absolute Gasteiger partial charge is 0.443 e. The molecular formula is C35H37F3N7O4+. The van der Waals surface area contributed by atoms with E-state index >= 15 is 0 Å². The monoisotopic (exact) mass is 676 g/mol. The number of amides is 2. The van der Waals surface area contributed by atoms with Gasteiger partial charge in [-0.25, -0.2) is 9.36 Å². The van der Waals surface area contributed by atoms with Crippen molar-refractivity contribution in [2.45, 2.75) is 58.7 Å². The van der Waals surface area contributed by atoms with Crippen LogP contribution in [-0.4, -0.2) is 28.4 Å². The van der Waals surface area contributed by atoms with E-state index in [0.29, 0.717) is 24.1 Å². The molecule has 0 radical (unpaired) electrons. The maximum absolute atomic E-state index is 13.8. The zero-order chi connectivity index (χ0) is 35.3. The molecule has 1 unspecified atom stereocenters. The minimum Gasteiger partial charge on any atom is -0.443 e. The molecule has 3 aromatic carbocycles. The van der Waals surface area contributed by atoms with Gasteiger partial charge in [0.2, 0.25) is 5.91 Å². The molecule has 1 atom stereocenters. The van der Waals surface area contributed by atoms with Gasteiger partial charge in [0.25, 0.3) is 0 Å². The highest BCUT2D eigenvalue weighted by Gasteiger charge is 2.34. The Labute approximate surface area is 280 Å². The van der Waals surface area contributed by atoms with Crippen LogP contribution < -0.4 is 32.2 Å². The number of nitrogens with zero attached hydrogens (tertiary/aromatic N) is 3. The zero-order valence-corrected chi connectivity index (χ0v) is 27.0. The fourth-order valence-electron chi connectivity index (χ4n) is 5.45. The van der Waals surface area contributed by atoms with E-state index in [0.717, 1.165) is 22.3 Å². The number of hydrogen-bond donors (Lipinski definition) is 4. The number of nitrogens with one attached hydrogen (secondary N) is 2. The molecule has 49 heavy (non-hydrogen) atoms. The summed E-state index contributed by atoms with van der Waals surface area (Å²) in [7, 11) is 0. The number of aromatic nitrogens is 2. The van der Waals surface area contributed by atoms with Crippen LogP contribution in [-0.2, 0) is 41.9 Å². The predicted molar refractivity (Wildman–Crippen MR) is 178 cm³/mol. The number of amidine groups is 1. The predicted octanol–water partition coefficient (Wildman–Crippen LogP) is 4.60. The van der Waals surface area contributed by atoms with Crippen molar-refractivity contribution in [3.8, 4) is 11.3 Å². The molecule has 0 saturated carbocycles. The number of ether oxygens (including phenoxy) is 1. The molecule has 4 aromatic rings. The molecule has 1 aliphatic rings. The second kappa shape index (κ2) is 14.6. The van der Waals surface area contributed by atoms with Gasteiger partial charge in [0, 0.05) is 29.8 Å². The Hall–Kier alpha value is -5.66. The van der Waals surface area contributed by atoms with Crippen LogP contribution in [0.5, 0.6) is 0 Å². The molecular weight excluding hydrogens is 639 g/mol. The summed E-state index contributed by atoms with van der Waals surface area (Å²) in [5.41, 5.74) is 12.3. The van der Waals surface area contributed by atoms with Gasteiger partial charge in [0.15, 0.2) is 0 Å². The van der Waals surface area contributed by atoms with E-state index in [2.05, 4.69) is 15.6 Å². The second-order valence-electron chi connectivity index (χ2n) is 12.1. The van der Waals surface area contributed by atoms with Crippen LogP contribution in [0.4, 0.5) is 29.5 Å². The van der Waals surface area contributed by atoms with Crippen LogP contribution in [0.1, 0.15) is 42.5 Å². The Kier molecular flexibility index (Phi) is 10.3. The Balaban J connectivity index is 1.32. The van der Waals surface area contributed by atoms with Crippen molar-refractivity contribution in [3.05, 3.63) is 112 Å². The number of alkyl halides is 3. The standard InChI is InChI=1S/C35H36F3N7O4/c1-21(2)28-12-13-44-18-29(25-14-26(35(36,37)38)16-27(39)15-25)45(33(47)32(44)42-28)19-30(46)41-17-22-8-10-24(11-9-22)31(40)43-34(48)49-20-23-6-4-3-5-7-23/h3-11,14-16,18,21,28H,12-13,17,19-20,39H2,1-2H3,(H3,40,41,43,46,48)/p+1. The number of nitrogens with two attached hydrogens (primary N) is 2. The van der Waals surface area contributed by atoms with Crippen molar-refractivity contribution in [1.29, 1.82) is 0 Å². The molecule has 6 N–H and O–H groups in total. The van der Waals surface area contributed by atoms with Gasteiger partial charge in [-0.3, -0.25) is 19.5 Å². The lowest BCUT2D eigenvalue weighted by Crippen LogP contribution is -2.53. The lowest BCUT2D eigenvalue weighted by atomic mass is 9.99. The Morgan fingerprint density at radius 1 is 1.08 bits per heavy atom. The van der Waals surface area contributed by atoms with Crippen molar-refractivity contribution >= 4 is 29.3 Å². The summed E-state index contributed by atoms with van der Waals surface area (Å²) in [5, 5.41) is 6.00. The summed E-state index contributed by atoms with van der Waals surface area (Å²) >= 11 is 0. The van der Waals surface area contributed by atoms with Gasteiger partial charge < -0.3 is 21.5 Å². The molecule has 0 aliphatic carbocycles. The number of aryl methyl sites for hydroxylation is 1. The molecule has 0 bridgehead atoms. The van der Waals surface area contributed by atoms with Gasteiger partial charge in [0.1, 0.15) is 25.2 Å². The highest BCUT2D eigenvalue weighted by atomic mass is 19.4. The van der Waals surface area contributed by atoms with Crippen molar-refractivity contribution in [2.75, 3.05) is 11.1 Å². The average molecular weight is 677 g/mol. The molecule has 2 heterocycles. The molecule has 0 fully saturated rings. The number of benzene rings is 3. The minimum absolute atomic E-state index is 0.00650. The third-order valence-electron chi connectivity index (χ3n) is 8.15. The van der Waals surface area contributed by atoms with E-state index in [1.165, 1.54) is 6.07 Å². The third-order valence-corrected chi connectivity index (χ3v) is 8.15. The second-order valence-corrected chi connectivity index (χ2v) is 12.1. The molecule has 0 saturated heterocycles. The number of aliphatic imine (C=N–C) groups is 1. The van der Waals surface area contributed by atoms with E-state index in [1.54, 1.807) is 35.0 Å². The Morgan fingerprint density at radius 3 is 2.47 bits per heavy atom. The smallest absolute Gasteiger partial charge is 0.435 e. The number of carbonyl (C=O) groups excluding carboxylic acids is 2. The van der Waals surface area contributed by atoms with Crippen molar-refractivity contribution in [1.82, 2.24) is 9.88 Å². The number of hydrogen-bond acceptors (Lipinski definition) is 6. The van der Waals surface area contributed by atoms with Gasteiger partial charge in [-0.1, -0.05) is 68.4 Å². The number of fused-ring (bicyclic) bond motifs is 1. The SMILES string of the molecule is CC(C)C1CC[n+]2cc(-c3cc(N)cc(C(F)(F)F)c3)n(CC(=O)NCc3ccc(C(N)=NC(=O)OCc4ccccc4)cc3)c(=O)c2N1. The summed E-state index contributed by atoms with van der Waals surface area (Å²) in [6.45, 7) is 4.17. The summed E-state index contributed by atoms with van der Waals surface area (Å²) < 4.78 is 49.0. The first-order chi connectivity index (χ1) is 23.3. The topological polar surface area (TPSA) is 158 Å². The maximum Gasteiger partial charge on any atom is 0.435 e. The first kappa shape index (κ1) is 34.7. The van der Waals surface area contributed by atoms with Gasteiger partial charge in [0.05, 0.1) is 23.8 Å². The van der Waals surface area contributed by atoms with Gasteiger partial charge in [-0.15, -0.1) is 0 Å². The normalized spacial score (nSPS) is 14.6. The number of anilines is 2. The van der Waals surface area contributed by atoms with Gasteiger partial charge in [-0.2, -0.15) is 18.2 Å². The molecule has 11 nitrogen and oxygen atoms in total. The molecule has 1 aromatic heterocycles. The van der Waals surface area contributed by atoms with Crippen LogP contribution in [0.25, 0.3) is 11.3 Å². The van der Waals surface area contributed by atoms with Crippen LogP contribution in [0, 0.1) is 5.92 Å². The van der Waals surface area contributed by atoms with Crippen LogP contribution >= 0.6 is 0 Å². The molecule has 0 spiro atoms. The maximum atomic E-state index is 13.8. The Bertz CT molecular complexity index is 1920. The summed E-state index contributed by atoms with van der Waals surface area (Å²) in [6, 6.07) is 18.8. The van der Waals surface area contributed by atoms with E-state index in [1.807, 2.05) is 44.2 Å². The zero-order valence-electron chi connectivity index (χ0n) is 27.0. The van der Waals surface area contributed by atoms with Gasteiger partial charge >= 0.3 is 23.6 Å². The fourth-order valence-corrected chi connectivity index (χ4v) is 5.45. The number of halogens is 3. The molecule has 1 aliphatic heterocycles.